The van der Waals surface area contributed by atoms with Crippen molar-refractivity contribution in [2.75, 3.05) is 45.9 Å². The molecule has 0 radical (unpaired) electrons. The number of piperidine rings is 1. The molecule has 1 spiro atoms. The number of methoxy groups -OCH3 is 1. The highest BCUT2D eigenvalue weighted by molar-refractivity contribution is 7.91. The van der Waals surface area contributed by atoms with Gasteiger partial charge in [-0.1, -0.05) is 24.3 Å². The third-order valence-electron chi connectivity index (χ3n) is 7.57. The van der Waals surface area contributed by atoms with Crippen LogP contribution < -0.4 is 10.1 Å². The molecule has 0 bridgehead atoms. The number of hydrogen-bond donors (Lipinski definition) is 2. The quantitative estimate of drug-likeness (QED) is 0.333. The third-order valence-corrected chi connectivity index (χ3v) is 11.0. The second-order valence-electron chi connectivity index (χ2n) is 10.5. The first-order valence-corrected chi connectivity index (χ1v) is 16.5. The molecule has 13 heteroatoms. The van der Waals surface area contributed by atoms with E-state index < -0.39 is 37.5 Å². The molecule has 41 heavy (non-hydrogen) atoms. The molecule has 222 valence electrons. The Morgan fingerprint density at radius 3 is 2.66 bits per heavy atom. The highest BCUT2D eigenvalue weighted by Gasteiger charge is 2.44. The predicted molar refractivity (Wildman–Crippen MR) is 152 cm³/mol. The van der Waals surface area contributed by atoms with Crippen LogP contribution in [-0.2, 0) is 29.3 Å². The van der Waals surface area contributed by atoms with Crippen molar-refractivity contribution >= 4 is 30.8 Å². The van der Waals surface area contributed by atoms with Crippen LogP contribution in [0, 0.1) is 0 Å². The largest absolute Gasteiger partial charge is 0.491 e. The minimum absolute atomic E-state index is 0.0139. The molecule has 0 aliphatic carbocycles. The first-order chi connectivity index (χ1) is 19.6. The molecule has 2 aromatic carbocycles. The van der Waals surface area contributed by atoms with Gasteiger partial charge in [0.05, 0.1) is 22.6 Å². The lowest BCUT2D eigenvalue weighted by atomic mass is 9.88. The van der Waals surface area contributed by atoms with E-state index in [1.165, 1.54) is 29.7 Å². The van der Waals surface area contributed by atoms with E-state index in [0.29, 0.717) is 44.7 Å². The Labute approximate surface area is 240 Å². The molecule has 0 amide bonds. The van der Waals surface area contributed by atoms with E-state index in [0.717, 1.165) is 10.9 Å². The molecule has 11 nitrogen and oxygen atoms in total. The van der Waals surface area contributed by atoms with Crippen molar-refractivity contribution in [3.05, 3.63) is 60.8 Å². The van der Waals surface area contributed by atoms with Gasteiger partial charge < -0.3 is 24.6 Å². The summed E-state index contributed by atoms with van der Waals surface area (Å²) in [7, 11) is -5.92. The van der Waals surface area contributed by atoms with E-state index >= 15 is 0 Å². The summed E-state index contributed by atoms with van der Waals surface area (Å²) in [5, 5.41) is 14.5. The summed E-state index contributed by atoms with van der Waals surface area (Å²) in [6, 6.07) is 15.2. The van der Waals surface area contributed by atoms with Crippen LogP contribution in [0.3, 0.4) is 0 Å². The van der Waals surface area contributed by atoms with Gasteiger partial charge in [0.2, 0.25) is 19.9 Å². The van der Waals surface area contributed by atoms with Gasteiger partial charge in [-0.15, -0.1) is 0 Å². The van der Waals surface area contributed by atoms with Crippen LogP contribution in [0.15, 0.2) is 70.6 Å². The number of para-hydroxylation sites is 1. The Morgan fingerprint density at radius 2 is 1.88 bits per heavy atom. The average molecular weight is 606 g/mol. The normalized spacial score (nSPS) is 20.4. The van der Waals surface area contributed by atoms with E-state index in [-0.39, 0.29) is 29.0 Å². The van der Waals surface area contributed by atoms with Gasteiger partial charge >= 0.3 is 0 Å². The number of nitrogens with zero attached hydrogens (tertiary/aromatic N) is 2. The molecule has 3 aromatic rings. The van der Waals surface area contributed by atoms with Crippen LogP contribution in [0.25, 0.3) is 10.9 Å². The lowest BCUT2D eigenvalue weighted by Crippen LogP contribution is -2.47. The maximum absolute atomic E-state index is 13.3. The molecule has 2 atom stereocenters. The fourth-order valence-corrected chi connectivity index (χ4v) is 7.78. The van der Waals surface area contributed by atoms with E-state index in [1.807, 2.05) is 24.3 Å². The number of aromatic nitrogens is 1. The van der Waals surface area contributed by atoms with Crippen LogP contribution in [-0.4, -0.2) is 94.9 Å². The summed E-state index contributed by atoms with van der Waals surface area (Å²) < 4.78 is 69.0. The van der Waals surface area contributed by atoms with E-state index in [4.69, 9.17) is 14.2 Å². The smallest absolute Gasteiger partial charge is 0.244 e. The van der Waals surface area contributed by atoms with E-state index in [2.05, 4.69) is 10.3 Å². The number of sulfone groups is 1. The number of benzene rings is 2. The molecule has 2 fully saturated rings. The number of sulfonamides is 1. The van der Waals surface area contributed by atoms with Crippen LogP contribution in [0.1, 0.15) is 19.3 Å². The number of aliphatic hydroxyl groups is 1. The Kier molecular flexibility index (Phi) is 8.95. The lowest BCUT2D eigenvalue weighted by molar-refractivity contribution is -0.0312. The summed E-state index contributed by atoms with van der Waals surface area (Å²) in [5.74, 6) is -0.0884. The van der Waals surface area contributed by atoms with Crippen molar-refractivity contribution < 1.29 is 36.2 Å². The van der Waals surface area contributed by atoms with Crippen LogP contribution in [0.2, 0.25) is 0 Å². The van der Waals surface area contributed by atoms with Crippen molar-refractivity contribution in [1.82, 2.24) is 14.6 Å². The second kappa shape index (κ2) is 12.3. The van der Waals surface area contributed by atoms with Crippen molar-refractivity contribution in [2.45, 2.75) is 46.8 Å². The number of nitrogens with one attached hydrogen (secondary N) is 1. The third kappa shape index (κ3) is 6.88. The standard InChI is InChI=1S/C28H35N3O8S2/c1-37-20-40(33,34)25-7-4-6-24(14-25)38-19-23(32)16-29-22-15-28(39-18-22)9-11-31(12-10-28)41(35,36)26-13-21-5-2-3-8-27(21)30-17-26/h2-8,13-14,17,22-23,29,32H,9-12,15-16,18-20H2,1H3/t22-,23?/m1/s1. The molecule has 1 unspecified atom stereocenters. The minimum atomic E-state index is -3.66. The fourth-order valence-electron chi connectivity index (χ4n) is 5.33. The fraction of sp³-hybridized carbons (Fsp3) is 0.464. The summed E-state index contributed by atoms with van der Waals surface area (Å²) >= 11 is 0. The van der Waals surface area contributed by atoms with E-state index in [9.17, 15) is 21.9 Å². The number of ether oxygens (including phenoxy) is 3. The Morgan fingerprint density at radius 1 is 1.10 bits per heavy atom. The molecule has 0 saturated carbocycles. The lowest BCUT2D eigenvalue weighted by Gasteiger charge is -2.38. The number of rotatable bonds is 11. The molecule has 2 saturated heterocycles. The Hall–Kier alpha value is -2.65. The first-order valence-electron chi connectivity index (χ1n) is 13.5. The minimum Gasteiger partial charge on any atom is -0.491 e. The van der Waals surface area contributed by atoms with Gasteiger partial charge in [0.15, 0.2) is 5.94 Å². The maximum atomic E-state index is 13.3. The van der Waals surface area contributed by atoms with Gasteiger partial charge in [-0.25, -0.2) is 16.8 Å². The maximum Gasteiger partial charge on any atom is 0.244 e. The number of hydrogen-bond acceptors (Lipinski definition) is 10. The van der Waals surface area contributed by atoms with Crippen molar-refractivity contribution in [3.63, 3.8) is 0 Å². The summed E-state index contributed by atoms with van der Waals surface area (Å²) in [6.07, 6.45) is 2.47. The average Bonchev–Trinajstić information content (AvgIpc) is 3.37. The molecule has 2 N–H and O–H groups in total. The van der Waals surface area contributed by atoms with Crippen LogP contribution >= 0.6 is 0 Å². The molecular formula is C28H35N3O8S2. The highest BCUT2D eigenvalue weighted by Crippen LogP contribution is 2.37. The highest BCUT2D eigenvalue weighted by atomic mass is 32.2. The van der Waals surface area contributed by atoms with Crippen molar-refractivity contribution in [1.29, 1.82) is 0 Å². The summed E-state index contributed by atoms with van der Waals surface area (Å²) in [5.41, 5.74) is 0.349. The predicted octanol–water partition coefficient (Wildman–Crippen LogP) is 1.95. The first kappa shape index (κ1) is 29.8. The molecular weight excluding hydrogens is 570 g/mol. The SMILES string of the molecule is COCS(=O)(=O)c1cccc(OCC(O)CN[C@H]2COC3(CCN(S(=O)(=O)c4cnc5ccccc5c4)CC3)C2)c1. The molecule has 3 heterocycles. The second-order valence-corrected chi connectivity index (χ2v) is 14.4. The van der Waals surface area contributed by atoms with Gasteiger partial charge in [-0.3, -0.25) is 4.98 Å². The molecule has 1 aromatic heterocycles. The molecule has 5 rings (SSSR count). The zero-order valence-electron chi connectivity index (χ0n) is 22.8. The summed E-state index contributed by atoms with van der Waals surface area (Å²) in [6.45, 7) is 1.43. The molecule has 2 aliphatic heterocycles. The van der Waals surface area contributed by atoms with Crippen LogP contribution in [0.5, 0.6) is 5.75 Å². The van der Waals surface area contributed by atoms with Crippen molar-refractivity contribution in [2.24, 2.45) is 0 Å². The zero-order valence-corrected chi connectivity index (χ0v) is 24.4. The Bertz CT molecular complexity index is 1570. The van der Waals surface area contributed by atoms with Crippen molar-refractivity contribution in [3.8, 4) is 5.75 Å². The monoisotopic (exact) mass is 605 g/mol. The number of pyridine rings is 1. The van der Waals surface area contributed by atoms with Gasteiger partial charge in [0.1, 0.15) is 23.4 Å². The number of aliphatic hydroxyl groups excluding tert-OH is 1. The Balaban J connectivity index is 1.09. The number of fused-ring (bicyclic) bond motifs is 1. The summed E-state index contributed by atoms with van der Waals surface area (Å²) in [4.78, 5) is 4.59. The van der Waals surface area contributed by atoms with E-state index in [1.54, 1.807) is 18.2 Å². The van der Waals surface area contributed by atoms with Gasteiger partial charge in [0.25, 0.3) is 0 Å². The topological polar surface area (TPSA) is 144 Å². The van der Waals surface area contributed by atoms with Gasteiger partial charge in [0, 0.05) is 44.4 Å². The zero-order chi connectivity index (χ0) is 29.1. The van der Waals surface area contributed by atoms with Gasteiger partial charge in [-0.2, -0.15) is 4.31 Å². The molecule has 2 aliphatic rings. The van der Waals surface area contributed by atoms with Gasteiger partial charge in [-0.05, 0) is 49.6 Å². The van der Waals surface area contributed by atoms with Crippen LogP contribution in [0.4, 0.5) is 0 Å².